The van der Waals surface area contributed by atoms with Crippen molar-refractivity contribution in [2.75, 3.05) is 13.1 Å². The van der Waals surface area contributed by atoms with Crippen LogP contribution in [0.3, 0.4) is 0 Å². The normalized spacial score (nSPS) is 26.3. The van der Waals surface area contributed by atoms with Crippen LogP contribution in [-0.4, -0.2) is 25.0 Å². The molecule has 0 bridgehead atoms. The van der Waals surface area contributed by atoms with Gasteiger partial charge in [0.25, 0.3) is 0 Å². The Morgan fingerprint density at radius 1 is 1.20 bits per heavy atom. The molecular weight excluding hydrogens is 188 g/mol. The molecule has 1 aliphatic rings. The lowest BCUT2D eigenvalue weighted by atomic mass is 9.84. The molecule has 0 aliphatic heterocycles. The van der Waals surface area contributed by atoms with Crippen molar-refractivity contribution in [3.8, 4) is 0 Å². The molecule has 0 heterocycles. The van der Waals surface area contributed by atoms with Crippen molar-refractivity contribution < 1.29 is 4.79 Å². The molecule has 2 N–H and O–H groups in total. The van der Waals surface area contributed by atoms with Crippen LogP contribution >= 0.6 is 0 Å². The zero-order valence-electron chi connectivity index (χ0n) is 10.0. The smallest absolute Gasteiger partial charge is 0.233 e. The quantitative estimate of drug-likeness (QED) is 0.728. The first kappa shape index (κ1) is 12.5. The third-order valence-corrected chi connectivity index (χ3v) is 3.35. The Balaban J connectivity index is 2.10. The molecule has 3 nitrogen and oxygen atoms in total. The Hall–Kier alpha value is -0.570. The molecule has 0 spiro atoms. The van der Waals surface area contributed by atoms with Gasteiger partial charge >= 0.3 is 0 Å². The van der Waals surface area contributed by atoms with Crippen LogP contribution in [0.2, 0.25) is 0 Å². The summed E-state index contributed by atoms with van der Waals surface area (Å²) in [7, 11) is 0. The Bertz CT molecular complexity index is 186. The lowest BCUT2D eigenvalue weighted by Gasteiger charge is -2.28. The maximum absolute atomic E-state index is 11.2. The summed E-state index contributed by atoms with van der Waals surface area (Å²) in [6.45, 7) is 5.43. The van der Waals surface area contributed by atoms with Gasteiger partial charge in [0.1, 0.15) is 0 Å². The second-order valence-electron chi connectivity index (χ2n) is 4.46. The highest BCUT2D eigenvalue weighted by molar-refractivity contribution is 5.77. The Kier molecular flexibility index (Phi) is 5.69. The Morgan fingerprint density at radius 3 is 2.40 bits per heavy atom. The van der Waals surface area contributed by atoms with Crippen LogP contribution in [-0.2, 0) is 4.79 Å². The first-order chi connectivity index (χ1) is 7.26. The van der Waals surface area contributed by atoms with Crippen molar-refractivity contribution in [2.24, 2.45) is 5.92 Å². The van der Waals surface area contributed by atoms with Crippen molar-refractivity contribution in [3.05, 3.63) is 0 Å². The van der Waals surface area contributed by atoms with Crippen molar-refractivity contribution >= 4 is 5.91 Å². The summed E-state index contributed by atoms with van der Waals surface area (Å²) in [5.74, 6) is 1.04. The van der Waals surface area contributed by atoms with Crippen LogP contribution < -0.4 is 10.6 Å². The summed E-state index contributed by atoms with van der Waals surface area (Å²) in [4.78, 5) is 11.2. The molecule has 0 aromatic rings. The third-order valence-electron chi connectivity index (χ3n) is 3.35. The second kappa shape index (κ2) is 6.83. The first-order valence-electron chi connectivity index (χ1n) is 6.26. The van der Waals surface area contributed by atoms with Crippen LogP contribution in [0.15, 0.2) is 0 Å². The number of amides is 1. The molecular formula is C12H24N2O. The molecule has 0 saturated heterocycles. The van der Waals surface area contributed by atoms with Gasteiger partial charge in [0, 0.05) is 12.6 Å². The molecule has 0 unspecified atom stereocenters. The van der Waals surface area contributed by atoms with Crippen LogP contribution in [0.1, 0.15) is 46.0 Å². The van der Waals surface area contributed by atoms with Gasteiger partial charge in [0.2, 0.25) is 5.91 Å². The Labute approximate surface area is 93.0 Å². The van der Waals surface area contributed by atoms with Gasteiger partial charge in [-0.25, -0.2) is 0 Å². The van der Waals surface area contributed by atoms with Gasteiger partial charge in [0.15, 0.2) is 0 Å². The number of hydrogen-bond donors (Lipinski definition) is 2. The van der Waals surface area contributed by atoms with E-state index in [1.807, 2.05) is 6.92 Å². The minimum atomic E-state index is 0.120. The number of nitrogens with one attached hydrogen (secondary N) is 2. The van der Waals surface area contributed by atoms with E-state index in [1.54, 1.807) is 0 Å². The zero-order valence-corrected chi connectivity index (χ0v) is 10.0. The fraction of sp³-hybridized carbons (Fsp3) is 0.917. The molecule has 1 amide bonds. The van der Waals surface area contributed by atoms with Gasteiger partial charge in [-0.05, 0) is 38.5 Å². The predicted molar refractivity (Wildman–Crippen MR) is 62.7 cm³/mol. The molecule has 1 aliphatic carbocycles. The van der Waals surface area contributed by atoms with E-state index < -0.39 is 0 Å². The summed E-state index contributed by atoms with van der Waals surface area (Å²) in [6, 6.07) is 0.565. The van der Waals surface area contributed by atoms with E-state index in [1.165, 1.54) is 32.1 Å². The molecule has 1 fully saturated rings. The summed E-state index contributed by atoms with van der Waals surface area (Å²) in [6.07, 6.45) is 6.42. The fourth-order valence-corrected chi connectivity index (χ4v) is 2.27. The van der Waals surface area contributed by atoms with E-state index in [4.69, 9.17) is 0 Å². The third kappa shape index (κ3) is 4.65. The maximum atomic E-state index is 11.2. The lowest BCUT2D eigenvalue weighted by molar-refractivity contribution is -0.120. The van der Waals surface area contributed by atoms with E-state index in [0.717, 1.165) is 12.5 Å². The van der Waals surface area contributed by atoms with Gasteiger partial charge in [-0.2, -0.15) is 0 Å². The average Bonchev–Trinajstić information content (AvgIpc) is 2.27. The molecule has 1 rings (SSSR count). The number of rotatable bonds is 5. The van der Waals surface area contributed by atoms with Crippen molar-refractivity contribution in [2.45, 2.75) is 52.0 Å². The van der Waals surface area contributed by atoms with E-state index in [-0.39, 0.29) is 5.91 Å². The van der Waals surface area contributed by atoms with Crippen molar-refractivity contribution in [3.63, 3.8) is 0 Å². The SMILES string of the molecule is CCNC(=O)CNC1CCC(CC)CC1. The van der Waals surface area contributed by atoms with Crippen LogP contribution in [0.5, 0.6) is 0 Å². The zero-order chi connectivity index (χ0) is 11.1. The van der Waals surface area contributed by atoms with Crippen molar-refractivity contribution in [1.82, 2.24) is 10.6 Å². The van der Waals surface area contributed by atoms with E-state index in [2.05, 4.69) is 17.6 Å². The van der Waals surface area contributed by atoms with Crippen LogP contribution in [0, 0.1) is 5.92 Å². The molecule has 0 aromatic carbocycles. The molecule has 1 saturated carbocycles. The lowest BCUT2D eigenvalue weighted by Crippen LogP contribution is -2.40. The number of likely N-dealkylation sites (N-methyl/N-ethyl adjacent to an activating group) is 1. The van der Waals surface area contributed by atoms with Crippen LogP contribution in [0.4, 0.5) is 0 Å². The second-order valence-corrected chi connectivity index (χ2v) is 4.46. The molecule has 3 heteroatoms. The summed E-state index contributed by atoms with van der Waals surface area (Å²) in [5.41, 5.74) is 0. The van der Waals surface area contributed by atoms with Gasteiger partial charge in [0.05, 0.1) is 6.54 Å². The highest BCUT2D eigenvalue weighted by Crippen LogP contribution is 2.26. The molecule has 88 valence electrons. The van der Waals surface area contributed by atoms with Gasteiger partial charge in [-0.15, -0.1) is 0 Å². The van der Waals surface area contributed by atoms with E-state index in [0.29, 0.717) is 12.6 Å². The largest absolute Gasteiger partial charge is 0.355 e. The van der Waals surface area contributed by atoms with Crippen molar-refractivity contribution in [1.29, 1.82) is 0 Å². The maximum Gasteiger partial charge on any atom is 0.233 e. The first-order valence-corrected chi connectivity index (χ1v) is 6.26. The molecule has 15 heavy (non-hydrogen) atoms. The van der Waals surface area contributed by atoms with Gasteiger partial charge in [-0.3, -0.25) is 4.79 Å². The summed E-state index contributed by atoms with van der Waals surface area (Å²) >= 11 is 0. The van der Waals surface area contributed by atoms with E-state index in [9.17, 15) is 4.79 Å². The minimum absolute atomic E-state index is 0.120. The van der Waals surface area contributed by atoms with E-state index >= 15 is 0 Å². The highest BCUT2D eigenvalue weighted by atomic mass is 16.1. The molecule has 0 radical (unpaired) electrons. The monoisotopic (exact) mass is 212 g/mol. The topological polar surface area (TPSA) is 41.1 Å². The standard InChI is InChI=1S/C12H24N2O/c1-3-10-5-7-11(8-6-10)14-9-12(15)13-4-2/h10-11,14H,3-9H2,1-2H3,(H,13,15). The van der Waals surface area contributed by atoms with Gasteiger partial charge in [-0.1, -0.05) is 13.3 Å². The number of carbonyl (C=O) groups is 1. The minimum Gasteiger partial charge on any atom is -0.355 e. The summed E-state index contributed by atoms with van der Waals surface area (Å²) < 4.78 is 0. The fourth-order valence-electron chi connectivity index (χ4n) is 2.27. The Morgan fingerprint density at radius 2 is 1.87 bits per heavy atom. The summed E-state index contributed by atoms with van der Waals surface area (Å²) in [5, 5.41) is 6.14. The average molecular weight is 212 g/mol. The van der Waals surface area contributed by atoms with Crippen LogP contribution in [0.25, 0.3) is 0 Å². The molecule has 0 aromatic heterocycles. The predicted octanol–water partition coefficient (Wildman–Crippen LogP) is 1.68. The molecule has 0 atom stereocenters. The number of carbonyl (C=O) groups excluding carboxylic acids is 1. The number of hydrogen-bond acceptors (Lipinski definition) is 2. The van der Waals surface area contributed by atoms with Gasteiger partial charge < -0.3 is 10.6 Å². The highest BCUT2D eigenvalue weighted by Gasteiger charge is 2.19.